The number of nitrogens with zero attached hydrogens (tertiary/aromatic N) is 2. The molecule has 5 heteroatoms. The summed E-state index contributed by atoms with van der Waals surface area (Å²) < 4.78 is 0. The molecule has 0 saturated carbocycles. The van der Waals surface area contributed by atoms with Crippen molar-refractivity contribution in [3.05, 3.63) is 35.4 Å². The van der Waals surface area contributed by atoms with E-state index in [1.165, 1.54) is 11.1 Å². The predicted octanol–water partition coefficient (Wildman–Crippen LogP) is 0.625. The van der Waals surface area contributed by atoms with Gasteiger partial charge in [-0.1, -0.05) is 36.5 Å². The number of benzene rings is 1. The van der Waals surface area contributed by atoms with E-state index in [9.17, 15) is 0 Å². The molecule has 0 radical (unpaired) electrons. The highest BCUT2D eigenvalue weighted by molar-refractivity contribution is 7.80. The number of β-amino-alcohol motifs (C(OH)–C–C–N with tert-alkyl or cyclic N) is 1. The topological polar surface area (TPSA) is 52.7 Å². The fraction of sp³-hybridized carbons (Fsp3) is 0.533. The fourth-order valence-corrected chi connectivity index (χ4v) is 2.70. The van der Waals surface area contributed by atoms with Gasteiger partial charge in [0, 0.05) is 45.7 Å². The maximum atomic E-state index is 8.93. The first-order chi connectivity index (χ1) is 9.67. The number of piperazine rings is 1. The summed E-state index contributed by atoms with van der Waals surface area (Å²) >= 11 is 4.92. The van der Waals surface area contributed by atoms with Gasteiger partial charge in [-0.15, -0.1) is 0 Å². The number of hydrogen-bond donors (Lipinski definition) is 2. The van der Waals surface area contributed by atoms with E-state index in [1.807, 2.05) is 0 Å². The molecule has 3 N–H and O–H groups in total. The van der Waals surface area contributed by atoms with Crippen LogP contribution in [0.4, 0.5) is 0 Å². The molecule has 0 aliphatic carbocycles. The summed E-state index contributed by atoms with van der Waals surface area (Å²) in [7, 11) is 0. The molecular formula is C15H23N3OS. The summed E-state index contributed by atoms with van der Waals surface area (Å²) in [6.07, 6.45) is 0.676. The van der Waals surface area contributed by atoms with Crippen molar-refractivity contribution >= 4 is 17.2 Å². The van der Waals surface area contributed by atoms with E-state index in [0.29, 0.717) is 11.4 Å². The van der Waals surface area contributed by atoms with Gasteiger partial charge in [0.25, 0.3) is 0 Å². The van der Waals surface area contributed by atoms with Gasteiger partial charge in [-0.2, -0.15) is 0 Å². The van der Waals surface area contributed by atoms with Crippen LogP contribution in [-0.4, -0.2) is 59.2 Å². The lowest BCUT2D eigenvalue weighted by molar-refractivity contribution is 0.108. The molecule has 2 rings (SSSR count). The summed E-state index contributed by atoms with van der Waals surface area (Å²) in [6, 6.07) is 8.54. The molecule has 0 amide bonds. The van der Waals surface area contributed by atoms with Gasteiger partial charge < -0.3 is 10.8 Å². The summed E-state index contributed by atoms with van der Waals surface area (Å²) in [5.41, 5.74) is 8.05. The zero-order valence-electron chi connectivity index (χ0n) is 11.8. The zero-order valence-corrected chi connectivity index (χ0v) is 12.6. The molecule has 0 unspecified atom stereocenters. The summed E-state index contributed by atoms with van der Waals surface area (Å²) in [4.78, 5) is 5.30. The molecule has 1 aromatic carbocycles. The van der Waals surface area contributed by atoms with E-state index < -0.39 is 0 Å². The zero-order chi connectivity index (χ0) is 14.4. The molecule has 0 atom stereocenters. The molecule has 1 saturated heterocycles. The molecule has 0 bridgehead atoms. The Hall–Kier alpha value is -1.01. The van der Waals surface area contributed by atoms with Gasteiger partial charge in [-0.05, 0) is 11.1 Å². The summed E-state index contributed by atoms with van der Waals surface area (Å²) in [6.45, 7) is 6.25. The number of aliphatic hydroxyl groups is 1. The molecule has 0 spiro atoms. The molecule has 4 nitrogen and oxygen atoms in total. The first-order valence-electron chi connectivity index (χ1n) is 7.09. The van der Waals surface area contributed by atoms with Crippen molar-refractivity contribution in [1.82, 2.24) is 9.80 Å². The maximum Gasteiger partial charge on any atom is 0.0771 e. The maximum absolute atomic E-state index is 8.93. The molecule has 1 aliphatic heterocycles. The average Bonchev–Trinajstić information content (AvgIpc) is 2.43. The van der Waals surface area contributed by atoms with E-state index >= 15 is 0 Å². The van der Waals surface area contributed by atoms with E-state index in [4.69, 9.17) is 23.1 Å². The molecule has 0 aromatic heterocycles. The van der Waals surface area contributed by atoms with Crippen molar-refractivity contribution < 1.29 is 5.11 Å². The highest BCUT2D eigenvalue weighted by Crippen LogP contribution is 2.10. The van der Waals surface area contributed by atoms with Crippen LogP contribution in [0.15, 0.2) is 24.3 Å². The Kier molecular flexibility index (Phi) is 5.91. The number of nitrogens with two attached hydrogens (primary N) is 1. The number of hydrogen-bond acceptors (Lipinski definition) is 4. The average molecular weight is 293 g/mol. The molecule has 1 aromatic rings. The smallest absolute Gasteiger partial charge is 0.0771 e. The van der Waals surface area contributed by atoms with Gasteiger partial charge in [0.05, 0.1) is 11.6 Å². The fourth-order valence-electron chi connectivity index (χ4n) is 2.53. The Morgan fingerprint density at radius 2 is 1.60 bits per heavy atom. The van der Waals surface area contributed by atoms with Gasteiger partial charge in [-0.25, -0.2) is 0 Å². The number of aliphatic hydroxyl groups excluding tert-OH is 1. The van der Waals surface area contributed by atoms with Crippen molar-refractivity contribution in [1.29, 1.82) is 0 Å². The van der Waals surface area contributed by atoms with Crippen LogP contribution in [0.2, 0.25) is 0 Å². The van der Waals surface area contributed by atoms with E-state index in [2.05, 4.69) is 34.1 Å². The minimum absolute atomic E-state index is 0.254. The molecular weight excluding hydrogens is 270 g/mol. The Morgan fingerprint density at radius 1 is 1.05 bits per heavy atom. The van der Waals surface area contributed by atoms with Crippen LogP contribution in [0.1, 0.15) is 11.1 Å². The molecule has 110 valence electrons. The Morgan fingerprint density at radius 3 is 2.15 bits per heavy atom. The normalized spacial score (nSPS) is 17.2. The minimum Gasteiger partial charge on any atom is -0.395 e. The third-order valence-corrected chi connectivity index (χ3v) is 3.83. The lowest BCUT2D eigenvalue weighted by Gasteiger charge is -2.34. The van der Waals surface area contributed by atoms with Crippen molar-refractivity contribution in [2.45, 2.75) is 13.0 Å². The van der Waals surface area contributed by atoms with Crippen LogP contribution >= 0.6 is 12.2 Å². The van der Waals surface area contributed by atoms with Crippen LogP contribution in [0.5, 0.6) is 0 Å². The van der Waals surface area contributed by atoms with Crippen LogP contribution in [0.25, 0.3) is 0 Å². The van der Waals surface area contributed by atoms with Crippen molar-refractivity contribution in [2.75, 3.05) is 39.3 Å². The Bertz CT molecular complexity index is 427. The largest absolute Gasteiger partial charge is 0.395 e. The highest BCUT2D eigenvalue weighted by Gasteiger charge is 2.16. The van der Waals surface area contributed by atoms with Gasteiger partial charge >= 0.3 is 0 Å². The second-order valence-electron chi connectivity index (χ2n) is 5.30. The van der Waals surface area contributed by atoms with Crippen LogP contribution in [-0.2, 0) is 13.0 Å². The first kappa shape index (κ1) is 15.4. The third-order valence-electron chi connectivity index (χ3n) is 3.69. The van der Waals surface area contributed by atoms with E-state index in [0.717, 1.165) is 39.3 Å². The third kappa shape index (κ3) is 4.83. The Labute approximate surface area is 126 Å². The molecule has 1 fully saturated rings. The van der Waals surface area contributed by atoms with Crippen LogP contribution in [0, 0.1) is 0 Å². The van der Waals surface area contributed by atoms with Crippen LogP contribution in [0.3, 0.4) is 0 Å². The quantitative estimate of drug-likeness (QED) is 0.753. The van der Waals surface area contributed by atoms with Crippen molar-refractivity contribution in [3.8, 4) is 0 Å². The van der Waals surface area contributed by atoms with E-state index in [-0.39, 0.29) is 6.61 Å². The SMILES string of the molecule is NC(=S)Cc1ccc(CN2CCN(CCO)CC2)cc1. The highest BCUT2D eigenvalue weighted by atomic mass is 32.1. The Balaban J connectivity index is 1.80. The second-order valence-corrected chi connectivity index (χ2v) is 5.83. The number of rotatable bonds is 6. The first-order valence-corrected chi connectivity index (χ1v) is 7.50. The van der Waals surface area contributed by atoms with Gasteiger partial charge in [0.1, 0.15) is 0 Å². The minimum atomic E-state index is 0.254. The van der Waals surface area contributed by atoms with E-state index in [1.54, 1.807) is 0 Å². The van der Waals surface area contributed by atoms with Crippen molar-refractivity contribution in [3.63, 3.8) is 0 Å². The number of thiocarbonyl (C=S) groups is 1. The summed E-state index contributed by atoms with van der Waals surface area (Å²) in [5.74, 6) is 0. The summed E-state index contributed by atoms with van der Waals surface area (Å²) in [5, 5.41) is 8.93. The van der Waals surface area contributed by atoms with Gasteiger partial charge in [0.15, 0.2) is 0 Å². The van der Waals surface area contributed by atoms with Gasteiger partial charge in [0.2, 0.25) is 0 Å². The predicted molar refractivity (Wildman–Crippen MR) is 85.7 cm³/mol. The van der Waals surface area contributed by atoms with Crippen LogP contribution < -0.4 is 5.73 Å². The standard InChI is InChI=1S/C15H23N3OS/c16-15(20)11-13-1-3-14(4-2-13)12-18-7-5-17(6-8-18)9-10-19/h1-4,19H,5-12H2,(H2,16,20). The lowest BCUT2D eigenvalue weighted by Crippen LogP contribution is -2.46. The molecule has 20 heavy (non-hydrogen) atoms. The van der Waals surface area contributed by atoms with Gasteiger partial charge in [-0.3, -0.25) is 9.80 Å². The molecule has 1 aliphatic rings. The second kappa shape index (κ2) is 7.69. The molecule has 1 heterocycles. The van der Waals surface area contributed by atoms with Crippen molar-refractivity contribution in [2.24, 2.45) is 5.73 Å². The lowest BCUT2D eigenvalue weighted by atomic mass is 10.1. The monoisotopic (exact) mass is 293 g/mol.